The molecule has 8 nitrogen and oxygen atoms in total. The average molecular weight is 414 g/mol. The molecule has 0 saturated carbocycles. The number of ether oxygens (including phenoxy) is 2. The summed E-state index contributed by atoms with van der Waals surface area (Å²) in [5, 5.41) is 9.25. The van der Waals surface area contributed by atoms with Crippen LogP contribution in [-0.2, 0) is 17.6 Å². The van der Waals surface area contributed by atoms with Crippen molar-refractivity contribution >= 4 is 22.4 Å². The lowest BCUT2D eigenvalue weighted by molar-refractivity contribution is -0.116. The van der Waals surface area contributed by atoms with Crippen LogP contribution in [0, 0.1) is 0 Å². The molecule has 0 radical (unpaired) electrons. The van der Waals surface area contributed by atoms with E-state index in [1.54, 1.807) is 0 Å². The number of anilines is 1. The van der Waals surface area contributed by atoms with Gasteiger partial charge in [-0.1, -0.05) is 12.1 Å². The predicted octanol–water partition coefficient (Wildman–Crippen LogP) is 3.88. The standard InChI is InChI=1S/C20H22N4O4S/c1-2-4-17-22-19(28-24-17)6-3-5-18(25)23-20-21-14(12-29-20)13-7-8-15-16(11-13)27-10-9-26-15/h7-8,11-12H,2-6,9-10H2,1H3,(H,21,23,25). The van der Waals surface area contributed by atoms with Gasteiger partial charge in [0.25, 0.3) is 0 Å². The van der Waals surface area contributed by atoms with Gasteiger partial charge in [-0.15, -0.1) is 11.3 Å². The molecule has 0 saturated heterocycles. The third-order valence-electron chi connectivity index (χ3n) is 4.37. The van der Waals surface area contributed by atoms with Crippen molar-refractivity contribution in [1.29, 1.82) is 0 Å². The van der Waals surface area contributed by atoms with Gasteiger partial charge in [-0.05, 0) is 31.0 Å². The molecular formula is C20H22N4O4S. The molecule has 0 bridgehead atoms. The Morgan fingerprint density at radius 2 is 2.03 bits per heavy atom. The highest BCUT2D eigenvalue weighted by atomic mass is 32.1. The number of thiazole rings is 1. The summed E-state index contributed by atoms with van der Waals surface area (Å²) in [6.45, 7) is 3.17. The molecule has 1 aliphatic rings. The summed E-state index contributed by atoms with van der Waals surface area (Å²) in [4.78, 5) is 21.0. The van der Waals surface area contributed by atoms with E-state index in [0.29, 0.717) is 43.5 Å². The van der Waals surface area contributed by atoms with Crippen LogP contribution in [0.3, 0.4) is 0 Å². The number of carbonyl (C=O) groups excluding carboxylic acids is 1. The molecule has 3 aromatic rings. The predicted molar refractivity (Wildman–Crippen MR) is 108 cm³/mol. The first-order valence-electron chi connectivity index (χ1n) is 9.68. The molecule has 2 aromatic heterocycles. The summed E-state index contributed by atoms with van der Waals surface area (Å²) in [5.41, 5.74) is 1.71. The maximum absolute atomic E-state index is 12.2. The first-order chi connectivity index (χ1) is 14.2. The third-order valence-corrected chi connectivity index (χ3v) is 5.12. The molecule has 3 heterocycles. The number of hydrogen-bond donors (Lipinski definition) is 1. The Hall–Kier alpha value is -2.94. The zero-order chi connectivity index (χ0) is 20.1. The number of aromatic nitrogens is 3. The molecule has 0 unspecified atom stereocenters. The quantitative estimate of drug-likeness (QED) is 0.597. The van der Waals surface area contributed by atoms with Crippen molar-refractivity contribution in [2.45, 2.75) is 39.0 Å². The Labute approximate surface area is 172 Å². The molecule has 29 heavy (non-hydrogen) atoms. The van der Waals surface area contributed by atoms with Crippen LogP contribution in [-0.4, -0.2) is 34.2 Å². The summed E-state index contributed by atoms with van der Waals surface area (Å²) in [7, 11) is 0. The van der Waals surface area contributed by atoms with E-state index in [1.807, 2.05) is 23.6 Å². The molecule has 152 valence electrons. The lowest BCUT2D eigenvalue weighted by Gasteiger charge is -2.18. The highest BCUT2D eigenvalue weighted by Crippen LogP contribution is 2.35. The van der Waals surface area contributed by atoms with E-state index < -0.39 is 0 Å². The summed E-state index contributed by atoms with van der Waals surface area (Å²) in [5.74, 6) is 2.68. The maximum Gasteiger partial charge on any atom is 0.226 e. The Morgan fingerprint density at radius 1 is 1.17 bits per heavy atom. The smallest absolute Gasteiger partial charge is 0.226 e. The van der Waals surface area contributed by atoms with Crippen LogP contribution in [0.25, 0.3) is 11.3 Å². The summed E-state index contributed by atoms with van der Waals surface area (Å²) < 4.78 is 16.3. The second-order valence-electron chi connectivity index (χ2n) is 6.65. The minimum Gasteiger partial charge on any atom is -0.486 e. The summed E-state index contributed by atoms with van der Waals surface area (Å²) >= 11 is 1.39. The highest BCUT2D eigenvalue weighted by Gasteiger charge is 2.14. The topological polar surface area (TPSA) is 99.4 Å². The van der Waals surface area contributed by atoms with E-state index in [-0.39, 0.29) is 5.91 Å². The van der Waals surface area contributed by atoms with E-state index in [2.05, 4.69) is 27.4 Å². The molecule has 0 fully saturated rings. The number of fused-ring (bicyclic) bond motifs is 1. The molecule has 9 heteroatoms. The first kappa shape index (κ1) is 19.4. The fraction of sp³-hybridized carbons (Fsp3) is 0.400. The van der Waals surface area contributed by atoms with Gasteiger partial charge in [0, 0.05) is 30.2 Å². The number of amides is 1. The van der Waals surface area contributed by atoms with Crippen molar-refractivity contribution in [2.75, 3.05) is 18.5 Å². The number of aryl methyl sites for hydroxylation is 2. The number of nitrogens with zero attached hydrogens (tertiary/aromatic N) is 3. The second-order valence-corrected chi connectivity index (χ2v) is 7.51. The molecule has 1 amide bonds. The summed E-state index contributed by atoms with van der Waals surface area (Å²) in [6, 6.07) is 5.72. The Morgan fingerprint density at radius 3 is 2.90 bits per heavy atom. The van der Waals surface area contributed by atoms with E-state index in [0.717, 1.165) is 41.4 Å². The van der Waals surface area contributed by atoms with Crippen molar-refractivity contribution in [1.82, 2.24) is 15.1 Å². The van der Waals surface area contributed by atoms with Crippen LogP contribution in [0.4, 0.5) is 5.13 Å². The monoisotopic (exact) mass is 414 g/mol. The minimum absolute atomic E-state index is 0.0821. The van der Waals surface area contributed by atoms with Gasteiger partial charge in [0.2, 0.25) is 11.8 Å². The van der Waals surface area contributed by atoms with E-state index in [4.69, 9.17) is 14.0 Å². The molecule has 0 aliphatic carbocycles. The molecule has 1 aromatic carbocycles. The number of carbonyl (C=O) groups is 1. The minimum atomic E-state index is -0.0821. The summed E-state index contributed by atoms with van der Waals surface area (Å²) in [6.07, 6.45) is 3.37. The SMILES string of the molecule is CCCc1noc(CCCC(=O)Nc2nc(-c3ccc4c(c3)OCCO4)cs2)n1. The Bertz CT molecular complexity index is 985. The van der Waals surface area contributed by atoms with Crippen LogP contribution in [0.15, 0.2) is 28.1 Å². The largest absolute Gasteiger partial charge is 0.486 e. The Balaban J connectivity index is 1.29. The van der Waals surface area contributed by atoms with E-state index >= 15 is 0 Å². The highest BCUT2D eigenvalue weighted by molar-refractivity contribution is 7.14. The van der Waals surface area contributed by atoms with Gasteiger partial charge in [0.15, 0.2) is 22.5 Å². The first-order valence-corrected chi connectivity index (χ1v) is 10.6. The van der Waals surface area contributed by atoms with Crippen LogP contribution >= 0.6 is 11.3 Å². The van der Waals surface area contributed by atoms with Crippen molar-refractivity contribution in [3.63, 3.8) is 0 Å². The van der Waals surface area contributed by atoms with Crippen LogP contribution in [0.2, 0.25) is 0 Å². The lowest BCUT2D eigenvalue weighted by atomic mass is 10.1. The van der Waals surface area contributed by atoms with Gasteiger partial charge in [-0.2, -0.15) is 4.98 Å². The van der Waals surface area contributed by atoms with Gasteiger partial charge in [-0.25, -0.2) is 4.98 Å². The van der Waals surface area contributed by atoms with Crippen molar-refractivity contribution in [3.05, 3.63) is 35.3 Å². The molecular weight excluding hydrogens is 392 g/mol. The number of nitrogens with one attached hydrogen (secondary N) is 1. The number of rotatable bonds is 8. The third kappa shape index (κ3) is 4.92. The fourth-order valence-corrected chi connectivity index (χ4v) is 3.70. The van der Waals surface area contributed by atoms with Gasteiger partial charge >= 0.3 is 0 Å². The maximum atomic E-state index is 12.2. The normalized spacial score (nSPS) is 12.7. The van der Waals surface area contributed by atoms with Crippen molar-refractivity contribution in [2.24, 2.45) is 0 Å². The zero-order valence-electron chi connectivity index (χ0n) is 16.1. The van der Waals surface area contributed by atoms with E-state index in [9.17, 15) is 4.79 Å². The number of hydrogen-bond acceptors (Lipinski definition) is 8. The average Bonchev–Trinajstić information content (AvgIpc) is 3.38. The van der Waals surface area contributed by atoms with Crippen LogP contribution < -0.4 is 14.8 Å². The van der Waals surface area contributed by atoms with Gasteiger partial charge in [0.05, 0.1) is 5.69 Å². The molecule has 0 spiro atoms. The van der Waals surface area contributed by atoms with E-state index in [1.165, 1.54) is 11.3 Å². The van der Waals surface area contributed by atoms with Gasteiger partial charge < -0.3 is 19.3 Å². The number of benzene rings is 1. The molecule has 1 aliphatic heterocycles. The van der Waals surface area contributed by atoms with Crippen molar-refractivity contribution < 1.29 is 18.8 Å². The molecule has 4 rings (SSSR count). The van der Waals surface area contributed by atoms with Crippen LogP contribution in [0.5, 0.6) is 11.5 Å². The Kier molecular flexibility index (Phi) is 6.04. The van der Waals surface area contributed by atoms with Crippen LogP contribution in [0.1, 0.15) is 37.9 Å². The van der Waals surface area contributed by atoms with Gasteiger partial charge in [-0.3, -0.25) is 4.79 Å². The molecule has 1 N–H and O–H groups in total. The van der Waals surface area contributed by atoms with Crippen molar-refractivity contribution in [3.8, 4) is 22.8 Å². The van der Waals surface area contributed by atoms with Gasteiger partial charge in [0.1, 0.15) is 13.2 Å². The fourth-order valence-electron chi connectivity index (χ4n) is 2.97. The molecule has 0 atom stereocenters. The zero-order valence-corrected chi connectivity index (χ0v) is 17.0. The lowest BCUT2D eigenvalue weighted by Crippen LogP contribution is -2.15. The second kappa shape index (κ2) is 9.04.